The smallest absolute Gasteiger partial charge is 0.250 e. The summed E-state index contributed by atoms with van der Waals surface area (Å²) < 4.78 is 7.41. The third-order valence-corrected chi connectivity index (χ3v) is 4.87. The number of hydrogen-bond acceptors (Lipinski definition) is 3. The van der Waals surface area contributed by atoms with Gasteiger partial charge in [0.15, 0.2) is 0 Å². The van der Waals surface area contributed by atoms with Crippen molar-refractivity contribution in [2.45, 2.75) is 51.2 Å². The maximum absolute atomic E-state index is 12.2. The van der Waals surface area contributed by atoms with Gasteiger partial charge in [0.25, 0.3) is 5.56 Å². The number of furan rings is 1. The third-order valence-electron chi connectivity index (χ3n) is 4.87. The fraction of sp³-hybridized carbons (Fsp3) is 0.500. The topological polar surface area (TPSA) is 47.2 Å². The van der Waals surface area contributed by atoms with Gasteiger partial charge in [-0.1, -0.05) is 6.07 Å². The lowest BCUT2D eigenvalue weighted by atomic mass is 9.91. The fourth-order valence-electron chi connectivity index (χ4n) is 3.42. The van der Waals surface area contributed by atoms with Crippen molar-refractivity contribution >= 4 is 0 Å². The van der Waals surface area contributed by atoms with Crippen LogP contribution >= 0.6 is 0 Å². The molecule has 0 unspecified atom stereocenters. The van der Waals surface area contributed by atoms with Gasteiger partial charge in [0.05, 0.1) is 12.8 Å². The van der Waals surface area contributed by atoms with E-state index in [0.29, 0.717) is 6.04 Å². The molecule has 1 fully saturated rings. The van der Waals surface area contributed by atoms with Crippen LogP contribution in [0, 0.1) is 5.92 Å². The maximum atomic E-state index is 12.2. The predicted molar refractivity (Wildman–Crippen MR) is 84.8 cm³/mol. The highest BCUT2D eigenvalue weighted by Gasteiger charge is 2.26. The summed E-state index contributed by atoms with van der Waals surface area (Å²) in [6, 6.07) is 8.16. The zero-order valence-corrected chi connectivity index (χ0v) is 12.8. The van der Waals surface area contributed by atoms with E-state index < -0.39 is 0 Å². The summed E-state index contributed by atoms with van der Waals surface area (Å²) in [7, 11) is 0. The largest absolute Gasteiger partial charge is 0.468 e. The maximum Gasteiger partial charge on any atom is 0.250 e. The molecule has 0 spiro atoms. The van der Waals surface area contributed by atoms with Gasteiger partial charge in [0.2, 0.25) is 0 Å². The second-order valence-electron chi connectivity index (χ2n) is 6.60. The monoisotopic (exact) mass is 298 g/mol. The van der Waals surface area contributed by atoms with Crippen LogP contribution in [0.15, 0.2) is 39.7 Å². The summed E-state index contributed by atoms with van der Waals surface area (Å²) in [5, 5.41) is 3.57. The first kappa shape index (κ1) is 13.8. The highest BCUT2D eigenvalue weighted by molar-refractivity contribution is 5.26. The Hall–Kier alpha value is -1.81. The number of fused-ring (bicyclic) bond motifs is 1. The third kappa shape index (κ3) is 2.88. The summed E-state index contributed by atoms with van der Waals surface area (Å²) in [6.07, 6.45) is 7.35. The SMILES string of the molecule is O=c1ccc2c(n1CC1CC1)CC[C@H](NCc1ccco1)C2. The lowest BCUT2D eigenvalue weighted by Crippen LogP contribution is -2.37. The van der Waals surface area contributed by atoms with Crippen molar-refractivity contribution < 1.29 is 4.42 Å². The first-order valence-electron chi connectivity index (χ1n) is 8.27. The average Bonchev–Trinajstić information content (AvgIpc) is 3.20. The molecule has 0 aromatic carbocycles. The van der Waals surface area contributed by atoms with Gasteiger partial charge in [-0.05, 0) is 55.7 Å². The van der Waals surface area contributed by atoms with Gasteiger partial charge in [-0.2, -0.15) is 0 Å². The van der Waals surface area contributed by atoms with Crippen LogP contribution in [0.3, 0.4) is 0 Å². The van der Waals surface area contributed by atoms with E-state index in [1.807, 2.05) is 22.8 Å². The molecule has 0 amide bonds. The van der Waals surface area contributed by atoms with Crippen molar-refractivity contribution in [2.75, 3.05) is 0 Å². The van der Waals surface area contributed by atoms with Crippen molar-refractivity contribution in [3.05, 3.63) is 57.9 Å². The van der Waals surface area contributed by atoms with Crippen molar-refractivity contribution in [2.24, 2.45) is 5.92 Å². The molecule has 116 valence electrons. The second kappa shape index (κ2) is 5.76. The lowest BCUT2D eigenvalue weighted by molar-refractivity contribution is 0.405. The van der Waals surface area contributed by atoms with Crippen molar-refractivity contribution in [1.82, 2.24) is 9.88 Å². The molecule has 2 heterocycles. The predicted octanol–water partition coefficient (Wildman–Crippen LogP) is 2.50. The first-order chi connectivity index (χ1) is 10.8. The van der Waals surface area contributed by atoms with E-state index in [1.54, 1.807) is 12.3 Å². The number of aromatic nitrogens is 1. The normalized spacial score (nSPS) is 20.8. The number of nitrogens with one attached hydrogen (secondary N) is 1. The Kier molecular flexibility index (Phi) is 3.62. The first-order valence-corrected chi connectivity index (χ1v) is 8.27. The molecule has 4 heteroatoms. The van der Waals surface area contributed by atoms with Gasteiger partial charge < -0.3 is 14.3 Å². The molecule has 22 heavy (non-hydrogen) atoms. The molecule has 2 aliphatic rings. The van der Waals surface area contributed by atoms with Crippen LogP contribution in [0.25, 0.3) is 0 Å². The molecule has 4 nitrogen and oxygen atoms in total. The van der Waals surface area contributed by atoms with Gasteiger partial charge in [-0.15, -0.1) is 0 Å². The van der Waals surface area contributed by atoms with Crippen LogP contribution in [0.1, 0.15) is 36.3 Å². The molecule has 0 aliphatic heterocycles. The molecular weight excluding hydrogens is 276 g/mol. The molecule has 0 bridgehead atoms. The van der Waals surface area contributed by atoms with Crippen LogP contribution in [-0.4, -0.2) is 10.6 Å². The standard InChI is InChI=1S/C18H22N2O2/c21-18-8-5-14-10-15(19-11-16-2-1-9-22-16)6-7-17(14)20(18)12-13-3-4-13/h1-2,5,8-9,13,15,19H,3-4,6-7,10-12H2/t15-/m0/s1. The van der Waals surface area contributed by atoms with E-state index in [1.165, 1.54) is 24.1 Å². The minimum absolute atomic E-state index is 0.174. The van der Waals surface area contributed by atoms with E-state index in [9.17, 15) is 4.79 Å². The summed E-state index contributed by atoms with van der Waals surface area (Å²) in [6.45, 7) is 1.70. The van der Waals surface area contributed by atoms with E-state index in [0.717, 1.165) is 44.0 Å². The highest BCUT2D eigenvalue weighted by atomic mass is 16.3. The van der Waals surface area contributed by atoms with Crippen LogP contribution in [0.4, 0.5) is 0 Å². The Morgan fingerprint density at radius 3 is 2.91 bits per heavy atom. The zero-order chi connectivity index (χ0) is 14.9. The minimum atomic E-state index is 0.174. The van der Waals surface area contributed by atoms with Crippen LogP contribution in [-0.2, 0) is 25.9 Å². The number of pyridine rings is 1. The van der Waals surface area contributed by atoms with Crippen molar-refractivity contribution in [1.29, 1.82) is 0 Å². The van der Waals surface area contributed by atoms with Crippen LogP contribution in [0.2, 0.25) is 0 Å². The number of nitrogens with zero attached hydrogens (tertiary/aromatic N) is 1. The molecule has 4 rings (SSSR count). The van der Waals surface area contributed by atoms with Gasteiger partial charge in [0.1, 0.15) is 5.76 Å². The molecule has 2 aliphatic carbocycles. The minimum Gasteiger partial charge on any atom is -0.468 e. The Morgan fingerprint density at radius 2 is 2.14 bits per heavy atom. The molecule has 0 radical (unpaired) electrons. The fourth-order valence-corrected chi connectivity index (χ4v) is 3.42. The van der Waals surface area contributed by atoms with Gasteiger partial charge in [0, 0.05) is 24.3 Å². The highest BCUT2D eigenvalue weighted by Crippen LogP contribution is 2.31. The Morgan fingerprint density at radius 1 is 1.23 bits per heavy atom. The Labute approximate surface area is 130 Å². The molecule has 1 atom stereocenters. The molecule has 2 aromatic heterocycles. The van der Waals surface area contributed by atoms with Gasteiger partial charge in [-0.3, -0.25) is 4.79 Å². The second-order valence-corrected chi connectivity index (χ2v) is 6.60. The van der Waals surface area contributed by atoms with Gasteiger partial charge in [-0.25, -0.2) is 0 Å². The van der Waals surface area contributed by atoms with E-state index >= 15 is 0 Å². The van der Waals surface area contributed by atoms with Crippen molar-refractivity contribution in [3.8, 4) is 0 Å². The molecule has 2 aromatic rings. The lowest BCUT2D eigenvalue weighted by Gasteiger charge is -2.27. The van der Waals surface area contributed by atoms with Crippen LogP contribution in [0.5, 0.6) is 0 Å². The zero-order valence-electron chi connectivity index (χ0n) is 12.8. The van der Waals surface area contributed by atoms with Gasteiger partial charge >= 0.3 is 0 Å². The summed E-state index contributed by atoms with van der Waals surface area (Å²) in [4.78, 5) is 12.2. The van der Waals surface area contributed by atoms with E-state index in [2.05, 4.69) is 5.32 Å². The Bertz CT molecular complexity index is 698. The quantitative estimate of drug-likeness (QED) is 0.922. The average molecular weight is 298 g/mol. The van der Waals surface area contributed by atoms with Crippen molar-refractivity contribution in [3.63, 3.8) is 0 Å². The number of hydrogen-bond donors (Lipinski definition) is 1. The molecule has 1 N–H and O–H groups in total. The van der Waals surface area contributed by atoms with Crippen LogP contribution < -0.4 is 10.9 Å². The number of rotatable bonds is 5. The summed E-state index contributed by atoms with van der Waals surface area (Å²) in [5.74, 6) is 1.71. The van der Waals surface area contributed by atoms with E-state index in [-0.39, 0.29) is 5.56 Å². The summed E-state index contributed by atoms with van der Waals surface area (Å²) in [5.41, 5.74) is 2.78. The summed E-state index contributed by atoms with van der Waals surface area (Å²) >= 11 is 0. The Balaban J connectivity index is 1.47. The molecule has 0 saturated heterocycles. The molecule has 1 saturated carbocycles. The van der Waals surface area contributed by atoms with E-state index in [4.69, 9.17) is 4.42 Å². The molecular formula is C18H22N2O2.